The van der Waals surface area contributed by atoms with Gasteiger partial charge in [-0.2, -0.15) is 0 Å². The van der Waals surface area contributed by atoms with E-state index >= 15 is 0 Å². The Hall–Kier alpha value is -0.240. The fourth-order valence-corrected chi connectivity index (χ4v) is 1.35. The number of hydrogen-bond acceptors (Lipinski definition) is 1. The quantitative estimate of drug-likeness (QED) is 0.617. The molecule has 1 atom stereocenters. The second-order valence-corrected chi connectivity index (χ2v) is 4.03. The fraction of sp³-hybridized carbons (Fsp3) is 0.889. The van der Waals surface area contributed by atoms with E-state index in [1.54, 1.807) is 0 Å². The van der Waals surface area contributed by atoms with Crippen LogP contribution in [0, 0.1) is 11.8 Å². The van der Waals surface area contributed by atoms with Gasteiger partial charge in [0.2, 0.25) is 5.91 Å². The van der Waals surface area contributed by atoms with Crippen molar-refractivity contribution in [1.82, 2.24) is 4.90 Å². The Morgan fingerprint density at radius 3 is 2.67 bits per heavy atom. The summed E-state index contributed by atoms with van der Waals surface area (Å²) < 4.78 is 0. The molecule has 1 rings (SSSR count). The summed E-state index contributed by atoms with van der Waals surface area (Å²) in [5, 5.41) is 0. The summed E-state index contributed by atoms with van der Waals surface area (Å²) in [7, 11) is 1.86. The standard InChI is InChI=1S/C9H16ClNO/c1-7(5-10)9(12)11(2)6-8-3-4-8/h7-8H,3-6H2,1-2H3. The van der Waals surface area contributed by atoms with Crippen molar-refractivity contribution in [2.24, 2.45) is 11.8 Å². The van der Waals surface area contributed by atoms with Crippen LogP contribution in [0.2, 0.25) is 0 Å². The lowest BCUT2D eigenvalue weighted by Crippen LogP contribution is -2.33. The molecule has 1 aliphatic carbocycles. The van der Waals surface area contributed by atoms with Crippen LogP contribution in [0.15, 0.2) is 0 Å². The molecule has 2 nitrogen and oxygen atoms in total. The molecule has 0 aromatic rings. The fourth-order valence-electron chi connectivity index (χ4n) is 1.22. The van der Waals surface area contributed by atoms with Gasteiger partial charge in [-0.25, -0.2) is 0 Å². The van der Waals surface area contributed by atoms with E-state index in [0.29, 0.717) is 5.88 Å². The Labute approximate surface area is 78.9 Å². The third-order valence-electron chi connectivity index (χ3n) is 2.26. The molecule has 70 valence electrons. The number of amides is 1. The summed E-state index contributed by atoms with van der Waals surface area (Å²) in [6, 6.07) is 0. The van der Waals surface area contributed by atoms with Gasteiger partial charge in [0.05, 0.1) is 0 Å². The van der Waals surface area contributed by atoms with Crippen molar-refractivity contribution in [3.63, 3.8) is 0 Å². The highest BCUT2D eigenvalue weighted by Crippen LogP contribution is 2.29. The van der Waals surface area contributed by atoms with Crippen molar-refractivity contribution < 1.29 is 4.79 Å². The van der Waals surface area contributed by atoms with Gasteiger partial charge in [0.1, 0.15) is 0 Å². The molecule has 0 heterocycles. The zero-order valence-corrected chi connectivity index (χ0v) is 8.47. The van der Waals surface area contributed by atoms with Crippen LogP contribution in [0.25, 0.3) is 0 Å². The molecule has 3 heteroatoms. The maximum Gasteiger partial charge on any atom is 0.226 e. The van der Waals surface area contributed by atoms with E-state index in [1.165, 1.54) is 12.8 Å². The van der Waals surface area contributed by atoms with Gasteiger partial charge in [-0.05, 0) is 18.8 Å². The van der Waals surface area contributed by atoms with Gasteiger partial charge in [-0.1, -0.05) is 6.92 Å². The molecule has 0 aliphatic heterocycles. The number of alkyl halides is 1. The van der Waals surface area contributed by atoms with Gasteiger partial charge in [0.15, 0.2) is 0 Å². The molecule has 0 aromatic carbocycles. The maximum absolute atomic E-state index is 11.5. The molecule has 0 N–H and O–H groups in total. The van der Waals surface area contributed by atoms with Gasteiger partial charge in [0, 0.05) is 25.4 Å². The first-order valence-corrected chi connectivity index (χ1v) is 4.99. The lowest BCUT2D eigenvalue weighted by molar-refractivity contribution is -0.133. The highest BCUT2D eigenvalue weighted by Gasteiger charge is 2.26. The van der Waals surface area contributed by atoms with E-state index in [1.807, 2.05) is 18.9 Å². The van der Waals surface area contributed by atoms with Crippen LogP contribution in [-0.2, 0) is 4.79 Å². The largest absolute Gasteiger partial charge is 0.345 e. The first-order chi connectivity index (χ1) is 5.65. The number of hydrogen-bond donors (Lipinski definition) is 0. The molecule has 0 bridgehead atoms. The Morgan fingerprint density at radius 2 is 2.25 bits per heavy atom. The average Bonchev–Trinajstić information content (AvgIpc) is 2.85. The number of carbonyl (C=O) groups excluding carboxylic acids is 1. The van der Waals surface area contributed by atoms with E-state index < -0.39 is 0 Å². The number of nitrogens with zero attached hydrogens (tertiary/aromatic N) is 1. The summed E-state index contributed by atoms with van der Waals surface area (Å²) in [6.07, 6.45) is 2.57. The molecule has 0 radical (unpaired) electrons. The van der Waals surface area contributed by atoms with Crippen molar-refractivity contribution in [2.45, 2.75) is 19.8 Å². The van der Waals surface area contributed by atoms with E-state index in [2.05, 4.69) is 0 Å². The first kappa shape index (κ1) is 9.85. The molecule has 0 spiro atoms. The topological polar surface area (TPSA) is 20.3 Å². The highest BCUT2D eigenvalue weighted by atomic mass is 35.5. The summed E-state index contributed by atoms with van der Waals surface area (Å²) in [5.41, 5.74) is 0. The molecule has 1 aliphatic rings. The van der Waals surface area contributed by atoms with Gasteiger partial charge in [-0.15, -0.1) is 11.6 Å². The molecular weight excluding hydrogens is 174 g/mol. The van der Waals surface area contributed by atoms with Crippen LogP contribution in [0.5, 0.6) is 0 Å². The van der Waals surface area contributed by atoms with Crippen molar-refractivity contribution in [3.8, 4) is 0 Å². The van der Waals surface area contributed by atoms with E-state index in [9.17, 15) is 4.79 Å². The SMILES string of the molecule is CC(CCl)C(=O)N(C)CC1CC1. The lowest BCUT2D eigenvalue weighted by Gasteiger charge is -2.19. The molecule has 0 aromatic heterocycles. The monoisotopic (exact) mass is 189 g/mol. The van der Waals surface area contributed by atoms with Gasteiger partial charge < -0.3 is 4.90 Å². The van der Waals surface area contributed by atoms with Crippen LogP contribution in [-0.4, -0.2) is 30.3 Å². The zero-order chi connectivity index (χ0) is 9.14. The minimum Gasteiger partial charge on any atom is -0.345 e. The predicted octanol–water partition coefficient (Wildman–Crippen LogP) is 1.73. The summed E-state index contributed by atoms with van der Waals surface area (Å²) in [6.45, 7) is 2.79. The maximum atomic E-state index is 11.5. The van der Waals surface area contributed by atoms with E-state index in [0.717, 1.165) is 12.5 Å². The third-order valence-corrected chi connectivity index (χ3v) is 2.72. The smallest absolute Gasteiger partial charge is 0.226 e. The third kappa shape index (κ3) is 2.67. The van der Waals surface area contributed by atoms with Gasteiger partial charge in [-0.3, -0.25) is 4.79 Å². The summed E-state index contributed by atoms with van der Waals surface area (Å²) in [5.74, 6) is 1.34. The molecule has 0 saturated heterocycles. The first-order valence-electron chi connectivity index (χ1n) is 4.46. The second kappa shape index (κ2) is 4.13. The number of halogens is 1. The van der Waals surface area contributed by atoms with E-state index in [-0.39, 0.29) is 11.8 Å². The van der Waals surface area contributed by atoms with Crippen LogP contribution in [0.4, 0.5) is 0 Å². The predicted molar refractivity (Wildman–Crippen MR) is 50.2 cm³/mol. The molecule has 1 unspecified atom stereocenters. The van der Waals surface area contributed by atoms with Crippen LogP contribution < -0.4 is 0 Å². The lowest BCUT2D eigenvalue weighted by atomic mass is 10.2. The minimum absolute atomic E-state index is 0.0320. The summed E-state index contributed by atoms with van der Waals surface area (Å²) >= 11 is 5.60. The van der Waals surface area contributed by atoms with Crippen LogP contribution >= 0.6 is 11.6 Å². The molecule has 1 amide bonds. The highest BCUT2D eigenvalue weighted by molar-refractivity contribution is 6.19. The Morgan fingerprint density at radius 1 is 1.67 bits per heavy atom. The van der Waals surface area contributed by atoms with Crippen molar-refractivity contribution in [2.75, 3.05) is 19.5 Å². The molecule has 1 fully saturated rings. The minimum atomic E-state index is -0.0320. The zero-order valence-electron chi connectivity index (χ0n) is 7.72. The Bertz CT molecular complexity index is 168. The van der Waals surface area contributed by atoms with Crippen LogP contribution in [0.3, 0.4) is 0 Å². The Balaban J connectivity index is 2.28. The second-order valence-electron chi connectivity index (χ2n) is 3.72. The van der Waals surface area contributed by atoms with Crippen molar-refractivity contribution in [3.05, 3.63) is 0 Å². The average molecular weight is 190 g/mol. The molecule has 1 saturated carbocycles. The molecule has 12 heavy (non-hydrogen) atoms. The van der Waals surface area contributed by atoms with Gasteiger partial charge >= 0.3 is 0 Å². The van der Waals surface area contributed by atoms with Crippen molar-refractivity contribution >= 4 is 17.5 Å². The number of rotatable bonds is 4. The summed E-state index contributed by atoms with van der Waals surface area (Å²) in [4.78, 5) is 13.3. The van der Waals surface area contributed by atoms with Gasteiger partial charge in [0.25, 0.3) is 0 Å². The van der Waals surface area contributed by atoms with E-state index in [4.69, 9.17) is 11.6 Å². The van der Waals surface area contributed by atoms with Crippen molar-refractivity contribution in [1.29, 1.82) is 0 Å². The Kier molecular flexibility index (Phi) is 3.39. The van der Waals surface area contributed by atoms with Crippen LogP contribution in [0.1, 0.15) is 19.8 Å². The normalized spacial score (nSPS) is 18.9. The number of carbonyl (C=O) groups is 1. The molecular formula is C9H16ClNO.